The highest BCUT2D eigenvalue weighted by molar-refractivity contribution is 5.56. The van der Waals surface area contributed by atoms with E-state index in [1.165, 1.54) is 0 Å². The van der Waals surface area contributed by atoms with Gasteiger partial charge in [0, 0.05) is 18.8 Å². The second kappa shape index (κ2) is 6.13. The third-order valence-corrected chi connectivity index (χ3v) is 3.00. The van der Waals surface area contributed by atoms with E-state index >= 15 is 0 Å². The van der Waals surface area contributed by atoms with Gasteiger partial charge in [-0.1, -0.05) is 25.1 Å². The van der Waals surface area contributed by atoms with Crippen LogP contribution in [0, 0.1) is 0 Å². The molecule has 5 nitrogen and oxygen atoms in total. The Morgan fingerprint density at radius 2 is 2.00 bits per heavy atom. The summed E-state index contributed by atoms with van der Waals surface area (Å²) in [4.78, 5) is 6.39. The molecule has 1 aromatic carbocycles. The molecule has 2 rings (SSSR count). The van der Waals surface area contributed by atoms with Gasteiger partial charge >= 0.3 is 0 Å². The molecule has 19 heavy (non-hydrogen) atoms. The van der Waals surface area contributed by atoms with Crippen LogP contribution in [0.2, 0.25) is 0 Å². The number of hydrogen-bond acceptors (Lipinski definition) is 5. The van der Waals surface area contributed by atoms with E-state index in [-0.39, 0.29) is 0 Å². The molecule has 1 atom stereocenters. The Kier molecular flexibility index (Phi) is 4.28. The van der Waals surface area contributed by atoms with Crippen molar-refractivity contribution < 1.29 is 0 Å². The summed E-state index contributed by atoms with van der Waals surface area (Å²) in [7, 11) is 1.93. The molecule has 0 saturated heterocycles. The Labute approximate surface area is 113 Å². The summed E-state index contributed by atoms with van der Waals surface area (Å²) in [5, 5.41) is 11.4. The Morgan fingerprint density at radius 1 is 1.26 bits per heavy atom. The topological polar surface area (TPSA) is 53.9 Å². The SMILES string of the molecule is CCC(C)Nc1cnnc(N(C)c2ccccc2)n1. The van der Waals surface area contributed by atoms with E-state index in [1.807, 2.05) is 42.3 Å². The average molecular weight is 257 g/mol. The first-order valence-electron chi connectivity index (χ1n) is 6.45. The van der Waals surface area contributed by atoms with Crippen molar-refractivity contribution >= 4 is 17.5 Å². The van der Waals surface area contributed by atoms with Crippen molar-refractivity contribution in [3.8, 4) is 0 Å². The lowest BCUT2D eigenvalue weighted by atomic mass is 10.3. The van der Waals surface area contributed by atoms with Gasteiger partial charge < -0.3 is 10.2 Å². The van der Waals surface area contributed by atoms with Crippen LogP contribution in [0.15, 0.2) is 36.5 Å². The highest BCUT2D eigenvalue weighted by Crippen LogP contribution is 2.19. The van der Waals surface area contributed by atoms with Crippen LogP contribution in [-0.4, -0.2) is 28.3 Å². The number of para-hydroxylation sites is 1. The molecular formula is C14H19N5. The minimum absolute atomic E-state index is 0.367. The molecule has 0 aliphatic carbocycles. The Balaban J connectivity index is 2.19. The number of rotatable bonds is 5. The number of hydrogen-bond donors (Lipinski definition) is 1. The average Bonchev–Trinajstić information content (AvgIpc) is 2.47. The normalized spacial score (nSPS) is 11.9. The number of nitrogens with zero attached hydrogens (tertiary/aromatic N) is 4. The summed E-state index contributed by atoms with van der Waals surface area (Å²) >= 11 is 0. The minimum Gasteiger partial charge on any atom is -0.366 e. The van der Waals surface area contributed by atoms with Crippen molar-refractivity contribution in [1.82, 2.24) is 15.2 Å². The monoisotopic (exact) mass is 257 g/mol. The van der Waals surface area contributed by atoms with E-state index in [2.05, 4.69) is 34.3 Å². The molecule has 0 spiro atoms. The van der Waals surface area contributed by atoms with Gasteiger partial charge in [-0.3, -0.25) is 0 Å². The van der Waals surface area contributed by atoms with Gasteiger partial charge in [0.2, 0.25) is 0 Å². The largest absolute Gasteiger partial charge is 0.366 e. The second-order valence-corrected chi connectivity index (χ2v) is 4.49. The van der Waals surface area contributed by atoms with Crippen LogP contribution in [-0.2, 0) is 0 Å². The highest BCUT2D eigenvalue weighted by Gasteiger charge is 2.09. The lowest BCUT2D eigenvalue weighted by molar-refractivity contribution is 0.754. The van der Waals surface area contributed by atoms with Gasteiger partial charge in [0.05, 0.1) is 6.20 Å². The Hall–Kier alpha value is -2.17. The molecule has 0 radical (unpaired) electrons. The van der Waals surface area contributed by atoms with Crippen LogP contribution >= 0.6 is 0 Å². The highest BCUT2D eigenvalue weighted by atomic mass is 15.3. The van der Waals surface area contributed by atoms with Crippen molar-refractivity contribution in [3.05, 3.63) is 36.5 Å². The summed E-state index contributed by atoms with van der Waals surface area (Å²) in [6.07, 6.45) is 2.68. The zero-order chi connectivity index (χ0) is 13.7. The lowest BCUT2D eigenvalue weighted by Gasteiger charge is -2.18. The van der Waals surface area contributed by atoms with Crippen molar-refractivity contribution in [3.63, 3.8) is 0 Å². The van der Waals surface area contributed by atoms with Crippen molar-refractivity contribution in [2.24, 2.45) is 0 Å². The molecule has 1 unspecified atom stereocenters. The van der Waals surface area contributed by atoms with Crippen molar-refractivity contribution in [1.29, 1.82) is 0 Å². The maximum Gasteiger partial charge on any atom is 0.251 e. The summed E-state index contributed by atoms with van der Waals surface area (Å²) in [6.45, 7) is 4.24. The second-order valence-electron chi connectivity index (χ2n) is 4.49. The molecule has 1 heterocycles. The van der Waals surface area contributed by atoms with Crippen LogP contribution in [0.25, 0.3) is 0 Å². The van der Waals surface area contributed by atoms with E-state index in [1.54, 1.807) is 6.20 Å². The first-order valence-corrected chi connectivity index (χ1v) is 6.45. The summed E-state index contributed by atoms with van der Waals surface area (Å²) in [6, 6.07) is 10.3. The molecule has 0 amide bonds. The van der Waals surface area contributed by atoms with E-state index in [4.69, 9.17) is 0 Å². The number of benzene rings is 1. The summed E-state index contributed by atoms with van der Waals surface area (Å²) in [5.74, 6) is 1.33. The number of aromatic nitrogens is 3. The van der Waals surface area contributed by atoms with Gasteiger partial charge in [0.25, 0.3) is 5.95 Å². The molecular weight excluding hydrogens is 238 g/mol. The van der Waals surface area contributed by atoms with Crippen LogP contribution < -0.4 is 10.2 Å². The molecule has 0 saturated carbocycles. The van der Waals surface area contributed by atoms with Crippen LogP contribution in [0.4, 0.5) is 17.5 Å². The Morgan fingerprint density at radius 3 is 2.68 bits per heavy atom. The van der Waals surface area contributed by atoms with Gasteiger partial charge in [-0.2, -0.15) is 10.1 Å². The third kappa shape index (κ3) is 3.40. The molecule has 1 N–H and O–H groups in total. The predicted molar refractivity (Wildman–Crippen MR) is 77.7 cm³/mol. The maximum absolute atomic E-state index is 4.48. The van der Waals surface area contributed by atoms with Crippen molar-refractivity contribution in [2.45, 2.75) is 26.3 Å². The summed E-state index contributed by atoms with van der Waals surface area (Å²) < 4.78 is 0. The first-order chi connectivity index (χ1) is 9.20. The van der Waals surface area contributed by atoms with Crippen LogP contribution in [0.3, 0.4) is 0 Å². The van der Waals surface area contributed by atoms with Gasteiger partial charge in [-0.15, -0.1) is 5.10 Å². The molecule has 0 bridgehead atoms. The number of nitrogens with one attached hydrogen (secondary N) is 1. The van der Waals surface area contributed by atoms with E-state index in [9.17, 15) is 0 Å². The minimum atomic E-state index is 0.367. The molecule has 5 heteroatoms. The Bertz CT molecular complexity index is 514. The summed E-state index contributed by atoms with van der Waals surface area (Å²) in [5.41, 5.74) is 1.03. The van der Waals surface area contributed by atoms with E-state index < -0.39 is 0 Å². The smallest absolute Gasteiger partial charge is 0.251 e. The van der Waals surface area contributed by atoms with Gasteiger partial charge in [-0.25, -0.2) is 0 Å². The van der Waals surface area contributed by atoms with E-state index in [0.29, 0.717) is 12.0 Å². The van der Waals surface area contributed by atoms with Gasteiger partial charge in [0.15, 0.2) is 5.82 Å². The fraction of sp³-hybridized carbons (Fsp3) is 0.357. The maximum atomic E-state index is 4.48. The van der Waals surface area contributed by atoms with E-state index in [0.717, 1.165) is 17.9 Å². The van der Waals surface area contributed by atoms with Gasteiger partial charge in [-0.05, 0) is 25.5 Å². The number of anilines is 3. The van der Waals surface area contributed by atoms with Crippen LogP contribution in [0.5, 0.6) is 0 Å². The fourth-order valence-electron chi connectivity index (χ4n) is 1.63. The van der Waals surface area contributed by atoms with Crippen LogP contribution in [0.1, 0.15) is 20.3 Å². The van der Waals surface area contributed by atoms with Gasteiger partial charge in [0.1, 0.15) is 0 Å². The fourth-order valence-corrected chi connectivity index (χ4v) is 1.63. The molecule has 0 aliphatic rings. The third-order valence-electron chi connectivity index (χ3n) is 3.00. The quantitative estimate of drug-likeness (QED) is 0.892. The lowest BCUT2D eigenvalue weighted by Crippen LogP contribution is -2.18. The first kappa shape index (κ1) is 13.3. The zero-order valence-electron chi connectivity index (χ0n) is 11.5. The molecule has 100 valence electrons. The molecule has 0 aliphatic heterocycles. The molecule has 2 aromatic rings. The molecule has 1 aromatic heterocycles. The predicted octanol–water partition coefficient (Wildman–Crippen LogP) is 2.85. The van der Waals surface area contributed by atoms with Crippen molar-refractivity contribution in [2.75, 3.05) is 17.3 Å². The standard InChI is InChI=1S/C14H19N5/c1-4-11(2)16-13-10-15-18-14(17-13)19(3)12-8-6-5-7-9-12/h5-11H,4H2,1-3H3,(H,16,17,18). The zero-order valence-corrected chi connectivity index (χ0v) is 11.5. The molecule has 0 fully saturated rings.